The Kier molecular flexibility index (Phi) is 4.84. The molecule has 8 nitrogen and oxygen atoms in total. The van der Waals surface area contributed by atoms with Crippen LogP contribution >= 0.6 is 11.8 Å². The SMILES string of the molecule is O=C(CSc1nc2ccccc2o1)NNC(=O)C1COc2ccccc2O1. The number of fused-ring (bicyclic) bond motifs is 2. The van der Waals surface area contributed by atoms with Crippen molar-refractivity contribution in [3.05, 3.63) is 48.5 Å². The van der Waals surface area contributed by atoms with Crippen molar-refractivity contribution in [3.63, 3.8) is 0 Å². The molecule has 0 bridgehead atoms. The topological polar surface area (TPSA) is 103 Å². The van der Waals surface area contributed by atoms with Crippen molar-refractivity contribution in [3.8, 4) is 11.5 Å². The molecule has 2 aromatic carbocycles. The third-order valence-corrected chi connectivity index (χ3v) is 4.56. The van der Waals surface area contributed by atoms with E-state index >= 15 is 0 Å². The molecule has 9 heteroatoms. The standard InChI is InChI=1S/C18H15N3O5S/c22-16(10-27-18-19-11-5-1-2-6-12(11)26-18)20-21-17(23)15-9-24-13-7-3-4-8-14(13)25-15/h1-8,15H,9-10H2,(H,20,22)(H,21,23). The molecule has 0 saturated carbocycles. The van der Waals surface area contributed by atoms with Gasteiger partial charge in [0.2, 0.25) is 12.0 Å². The number of para-hydroxylation sites is 4. The fourth-order valence-electron chi connectivity index (χ4n) is 2.44. The first kappa shape index (κ1) is 17.2. The number of hydrazine groups is 1. The maximum atomic E-state index is 12.1. The summed E-state index contributed by atoms with van der Waals surface area (Å²) in [7, 11) is 0. The highest BCUT2D eigenvalue weighted by Gasteiger charge is 2.27. The van der Waals surface area contributed by atoms with Gasteiger partial charge >= 0.3 is 0 Å². The number of amides is 2. The number of nitrogens with one attached hydrogen (secondary N) is 2. The number of carbonyl (C=O) groups excluding carboxylic acids is 2. The summed E-state index contributed by atoms with van der Waals surface area (Å²) >= 11 is 1.14. The van der Waals surface area contributed by atoms with Gasteiger partial charge in [-0.05, 0) is 24.3 Å². The maximum absolute atomic E-state index is 12.1. The summed E-state index contributed by atoms with van der Waals surface area (Å²) in [5.41, 5.74) is 6.06. The number of thioether (sulfide) groups is 1. The minimum Gasteiger partial charge on any atom is -0.485 e. The van der Waals surface area contributed by atoms with Gasteiger partial charge in [0.1, 0.15) is 12.1 Å². The number of hydrogen-bond donors (Lipinski definition) is 2. The molecule has 4 rings (SSSR count). The molecule has 138 valence electrons. The van der Waals surface area contributed by atoms with Crippen LogP contribution in [0.25, 0.3) is 11.1 Å². The molecule has 2 N–H and O–H groups in total. The summed E-state index contributed by atoms with van der Waals surface area (Å²) < 4.78 is 16.6. The van der Waals surface area contributed by atoms with E-state index in [9.17, 15) is 9.59 Å². The van der Waals surface area contributed by atoms with Gasteiger partial charge in [0.05, 0.1) is 5.75 Å². The lowest BCUT2D eigenvalue weighted by molar-refractivity contribution is -0.134. The fourth-order valence-corrected chi connectivity index (χ4v) is 3.08. The van der Waals surface area contributed by atoms with Gasteiger partial charge < -0.3 is 13.9 Å². The zero-order chi connectivity index (χ0) is 18.6. The van der Waals surface area contributed by atoms with Gasteiger partial charge in [-0.3, -0.25) is 20.4 Å². The lowest BCUT2D eigenvalue weighted by Crippen LogP contribution is -2.51. The lowest BCUT2D eigenvalue weighted by Gasteiger charge is -2.25. The second kappa shape index (κ2) is 7.58. The van der Waals surface area contributed by atoms with Crippen LogP contribution in [0.15, 0.2) is 58.2 Å². The number of aromatic nitrogens is 1. The van der Waals surface area contributed by atoms with Gasteiger partial charge in [0.25, 0.3) is 11.1 Å². The quantitative estimate of drug-likeness (QED) is 0.522. The van der Waals surface area contributed by atoms with Crippen LogP contribution in [0.2, 0.25) is 0 Å². The Balaban J connectivity index is 1.25. The van der Waals surface area contributed by atoms with Crippen molar-refractivity contribution < 1.29 is 23.5 Å². The zero-order valence-electron chi connectivity index (χ0n) is 14.0. The molecule has 2 heterocycles. The van der Waals surface area contributed by atoms with Crippen LogP contribution < -0.4 is 20.3 Å². The van der Waals surface area contributed by atoms with E-state index in [1.54, 1.807) is 24.3 Å². The van der Waals surface area contributed by atoms with Gasteiger partial charge in [-0.1, -0.05) is 36.0 Å². The highest BCUT2D eigenvalue weighted by Crippen LogP contribution is 2.30. The van der Waals surface area contributed by atoms with E-state index in [4.69, 9.17) is 13.9 Å². The first-order valence-electron chi connectivity index (χ1n) is 8.14. The summed E-state index contributed by atoms with van der Waals surface area (Å²) in [6.45, 7) is 0.0658. The van der Waals surface area contributed by atoms with Crippen molar-refractivity contribution in [2.75, 3.05) is 12.4 Å². The van der Waals surface area contributed by atoms with E-state index < -0.39 is 17.9 Å². The Morgan fingerprint density at radius 3 is 2.70 bits per heavy atom. The van der Waals surface area contributed by atoms with Crippen molar-refractivity contribution >= 4 is 34.7 Å². The first-order valence-corrected chi connectivity index (χ1v) is 9.13. The molecule has 3 aromatic rings. The molecule has 27 heavy (non-hydrogen) atoms. The Bertz CT molecular complexity index is 957. The monoisotopic (exact) mass is 385 g/mol. The summed E-state index contributed by atoms with van der Waals surface area (Å²) in [5.74, 6) is 0.220. The Morgan fingerprint density at radius 2 is 1.85 bits per heavy atom. The van der Waals surface area contributed by atoms with Crippen molar-refractivity contribution in [2.24, 2.45) is 0 Å². The second-order valence-electron chi connectivity index (χ2n) is 5.64. The number of ether oxygens (including phenoxy) is 2. The molecule has 1 aliphatic heterocycles. The summed E-state index contributed by atoms with van der Waals surface area (Å²) in [6, 6.07) is 14.4. The average molecular weight is 385 g/mol. The summed E-state index contributed by atoms with van der Waals surface area (Å²) in [5, 5.41) is 0.387. The molecule has 0 saturated heterocycles. The van der Waals surface area contributed by atoms with Gasteiger partial charge in [0.15, 0.2) is 17.1 Å². The number of hydrogen-bond acceptors (Lipinski definition) is 7. The molecule has 1 aliphatic rings. The van der Waals surface area contributed by atoms with E-state index in [-0.39, 0.29) is 12.4 Å². The zero-order valence-corrected chi connectivity index (χ0v) is 14.8. The molecular formula is C18H15N3O5S. The number of rotatable bonds is 4. The molecule has 1 unspecified atom stereocenters. The van der Waals surface area contributed by atoms with Crippen molar-refractivity contribution in [1.29, 1.82) is 0 Å². The molecule has 0 radical (unpaired) electrons. The van der Waals surface area contributed by atoms with Crippen LogP contribution in [-0.4, -0.2) is 35.3 Å². The van der Waals surface area contributed by atoms with E-state index in [0.717, 1.165) is 17.3 Å². The van der Waals surface area contributed by atoms with E-state index in [1.165, 1.54) is 0 Å². The van der Waals surface area contributed by atoms with Crippen LogP contribution in [0.5, 0.6) is 11.5 Å². The largest absolute Gasteiger partial charge is 0.485 e. The summed E-state index contributed by atoms with van der Waals surface area (Å²) in [6.07, 6.45) is -0.843. The van der Waals surface area contributed by atoms with Gasteiger partial charge in [-0.2, -0.15) is 0 Å². The van der Waals surface area contributed by atoms with Crippen molar-refractivity contribution in [1.82, 2.24) is 15.8 Å². The predicted molar refractivity (Wildman–Crippen MR) is 97.4 cm³/mol. The Morgan fingerprint density at radius 1 is 1.07 bits per heavy atom. The predicted octanol–water partition coefficient (Wildman–Crippen LogP) is 1.91. The smallest absolute Gasteiger partial charge is 0.283 e. The minimum atomic E-state index is -0.843. The number of benzene rings is 2. The normalized spacial score (nSPS) is 15.3. The van der Waals surface area contributed by atoms with Gasteiger partial charge in [0, 0.05) is 0 Å². The van der Waals surface area contributed by atoms with Gasteiger partial charge in [-0.15, -0.1) is 0 Å². The van der Waals surface area contributed by atoms with Crippen LogP contribution in [0.3, 0.4) is 0 Å². The second-order valence-corrected chi connectivity index (χ2v) is 6.56. The summed E-state index contributed by atoms with van der Waals surface area (Å²) in [4.78, 5) is 28.3. The van der Waals surface area contributed by atoms with Crippen LogP contribution in [-0.2, 0) is 9.59 Å². The maximum Gasteiger partial charge on any atom is 0.283 e. The van der Waals surface area contributed by atoms with Crippen LogP contribution in [0, 0.1) is 0 Å². The van der Waals surface area contributed by atoms with Crippen LogP contribution in [0.4, 0.5) is 0 Å². The number of oxazole rings is 1. The highest BCUT2D eigenvalue weighted by atomic mass is 32.2. The molecule has 0 aliphatic carbocycles. The number of nitrogens with zero attached hydrogens (tertiary/aromatic N) is 1. The molecule has 2 amide bonds. The fraction of sp³-hybridized carbons (Fsp3) is 0.167. The van der Waals surface area contributed by atoms with Crippen LogP contribution in [0.1, 0.15) is 0 Å². The van der Waals surface area contributed by atoms with Crippen molar-refractivity contribution in [2.45, 2.75) is 11.3 Å². The van der Waals surface area contributed by atoms with E-state index in [2.05, 4.69) is 15.8 Å². The minimum absolute atomic E-state index is 0.0396. The highest BCUT2D eigenvalue weighted by molar-refractivity contribution is 7.99. The first-order chi connectivity index (χ1) is 13.2. The molecule has 0 fully saturated rings. The Labute approximate surface area is 158 Å². The third-order valence-electron chi connectivity index (χ3n) is 3.73. The molecule has 0 spiro atoms. The third kappa shape index (κ3) is 3.98. The lowest BCUT2D eigenvalue weighted by atomic mass is 10.2. The van der Waals surface area contributed by atoms with E-state index in [1.807, 2.05) is 24.3 Å². The average Bonchev–Trinajstić information content (AvgIpc) is 3.13. The molecule has 1 aromatic heterocycles. The van der Waals surface area contributed by atoms with Gasteiger partial charge in [-0.25, -0.2) is 4.98 Å². The van der Waals surface area contributed by atoms with E-state index in [0.29, 0.717) is 22.3 Å². The Hall–Kier alpha value is -3.20. The molecule has 1 atom stereocenters. The number of carbonyl (C=O) groups is 2. The molecular weight excluding hydrogens is 370 g/mol.